The monoisotopic (exact) mass is 2030 g/mol. The Bertz CT molecular complexity index is 3130. The molecule has 2 N–H and O–H groups in total. The number of nitrogens with zero attached hydrogens (tertiary/aromatic N) is 3. The van der Waals surface area contributed by atoms with Crippen molar-refractivity contribution in [1.82, 2.24) is 24.9 Å². The molecular weight excluding hydrogens is 1790 g/mol. The Morgan fingerprint density at radius 3 is 1.09 bits per heavy atom. The van der Waals surface area contributed by atoms with Crippen LogP contribution in [0, 0.1) is 69.0 Å². The van der Waals surface area contributed by atoms with Gasteiger partial charge in [0.05, 0.1) is 18.8 Å². The van der Waals surface area contributed by atoms with Crippen molar-refractivity contribution in [3.63, 3.8) is 0 Å². The Hall–Kier alpha value is -6.50. The minimum Gasteiger partial charge on any atom is -0.472 e. The van der Waals surface area contributed by atoms with Crippen molar-refractivity contribution < 1.29 is 13.6 Å². The number of hydrogen-bond donors (Lipinski definition) is 2. The zero-order valence-electron chi connectivity index (χ0n) is 105. The summed E-state index contributed by atoms with van der Waals surface area (Å²) in [7, 11) is 0. The molecular formula is C131H247N5O3S3. The third-order valence-electron chi connectivity index (χ3n) is 16.7. The number of H-pyrrole nitrogens is 2. The maximum absolute atomic E-state index is 5.14. The maximum Gasteiger partial charge on any atom is 0.104 e. The molecule has 8 nitrogen and oxygen atoms in total. The van der Waals surface area contributed by atoms with Crippen molar-refractivity contribution in [3.8, 4) is 0 Å². The summed E-state index contributed by atoms with van der Waals surface area (Å²) in [6.45, 7) is 117. The van der Waals surface area contributed by atoms with Gasteiger partial charge in [-0.15, -0.1) is 11.3 Å². The third-order valence-corrected chi connectivity index (χ3v) is 19.5. The van der Waals surface area contributed by atoms with Crippen molar-refractivity contribution in [2.75, 3.05) is 24.7 Å². The van der Waals surface area contributed by atoms with Crippen molar-refractivity contribution >= 4 is 34.4 Å². The Morgan fingerprint density at radius 1 is 0.338 bits per heavy atom. The fourth-order valence-electron chi connectivity index (χ4n) is 10.8. The van der Waals surface area contributed by atoms with Gasteiger partial charge in [0.15, 0.2) is 0 Å². The lowest BCUT2D eigenvalue weighted by Crippen LogP contribution is -2.08. The molecule has 11 heterocycles. The van der Waals surface area contributed by atoms with E-state index in [0.717, 1.165) is 99.4 Å². The highest BCUT2D eigenvalue weighted by Crippen LogP contribution is 2.24. The molecule has 11 heteroatoms. The Kier molecular flexibility index (Phi) is 148. The number of thioether (sulfide) groups is 1. The second kappa shape index (κ2) is 127. The number of rotatable bonds is 18. The van der Waals surface area contributed by atoms with Crippen molar-refractivity contribution in [2.24, 2.45) is 69.0 Å². The predicted octanol–water partition coefficient (Wildman–Crippen LogP) is 45.3. The van der Waals surface area contributed by atoms with Crippen molar-refractivity contribution in [1.29, 1.82) is 0 Å². The molecule has 0 saturated carbocycles. The van der Waals surface area contributed by atoms with E-state index in [1.165, 1.54) is 119 Å². The summed E-state index contributed by atoms with van der Waals surface area (Å²) in [5.74, 6) is 10.1. The second-order valence-corrected chi connectivity index (χ2v) is 42.2. The zero-order chi connectivity index (χ0) is 113. The van der Waals surface area contributed by atoms with Gasteiger partial charge in [-0.05, 0) is 292 Å². The predicted molar refractivity (Wildman–Crippen MR) is 664 cm³/mol. The van der Waals surface area contributed by atoms with E-state index in [0.29, 0.717) is 33.5 Å². The zero-order valence-corrected chi connectivity index (χ0v) is 107. The van der Waals surface area contributed by atoms with E-state index in [9.17, 15) is 0 Å². The summed E-state index contributed by atoms with van der Waals surface area (Å²) < 4.78 is 15.0. The molecule has 2 fully saturated rings. The molecule has 0 atom stereocenters. The van der Waals surface area contributed by atoms with Crippen LogP contribution in [0.2, 0.25) is 0 Å². The first kappa shape index (κ1) is 166. The number of aromatic nitrogens is 5. The van der Waals surface area contributed by atoms with Crippen LogP contribution in [0.4, 0.5) is 0 Å². The highest BCUT2D eigenvalue weighted by atomic mass is 32.2. The van der Waals surface area contributed by atoms with Crippen LogP contribution in [0.5, 0.6) is 0 Å². The summed E-state index contributed by atoms with van der Waals surface area (Å²) in [5.41, 5.74) is 12.4. The summed E-state index contributed by atoms with van der Waals surface area (Å²) in [6, 6.07) is 43.7. The first-order valence-corrected chi connectivity index (χ1v) is 59.7. The quantitative estimate of drug-likeness (QED) is 0.0881. The molecule has 0 radical (unpaired) electrons. The van der Waals surface area contributed by atoms with Gasteiger partial charge in [-0.1, -0.05) is 435 Å². The molecule has 10 aromatic rings. The first-order valence-electron chi connectivity index (χ1n) is 56.8. The minimum atomic E-state index is 0.365. The van der Waals surface area contributed by atoms with Gasteiger partial charge in [-0.2, -0.15) is 23.1 Å². The van der Waals surface area contributed by atoms with Crippen molar-refractivity contribution in [2.45, 2.75) is 477 Å². The molecule has 0 spiro atoms. The lowest BCUT2D eigenvalue weighted by Gasteiger charge is -2.16. The highest BCUT2D eigenvalue weighted by Gasteiger charge is 2.14. The van der Waals surface area contributed by atoms with Gasteiger partial charge in [-0.25, -0.2) is 0 Å². The minimum absolute atomic E-state index is 0.365. The third kappa shape index (κ3) is 149. The average Bonchev–Trinajstić information content (AvgIpc) is 1.80. The van der Waals surface area contributed by atoms with E-state index in [-0.39, 0.29) is 0 Å². The number of aromatic amines is 2. The molecule has 1 aromatic carbocycles. The van der Waals surface area contributed by atoms with Gasteiger partial charge in [0.25, 0.3) is 0 Å². The number of nitrogens with one attached hydrogen (secondary N) is 2. The number of thiophene rings is 2. The smallest absolute Gasteiger partial charge is 0.104 e. The standard InChI is InChI=1S/C10H14.2C9H15N.3C9H13N.C9H14O.C9H14S.C8H12O.C8H12S.2C5H12.C4H8O.C4H8S.12C2H6/c1-9(2)8-10-6-4-3-5-7-10;1-9(2,3)6-8-4-5-10-7-8;1-9(2,3)7-8-5-4-6-10-8;1-8(2)7-9-3-5-10-6-4-9;1-8(2)6-9-4-3-5-10-7-9;1-8(2)7-9-5-3-4-6-10-9;2*1-9(2,3)6-8-4-5-10-7-8;2*1-7(2)6-8-4-3-5-9-8;2*1-4-5(2)3;2*1-2-4-5-3-1;12*1-2/h3-7,9H,8H2,1-2H3;4-5,7,10H,6H2,1-3H3;4-6,10H,7H2,1-3H3;3-6,8H,7H2,1-2H3;3-5,7-8H,6H2,1-2H3;3-6,8H,7H2,1-2H3;2*4-5,7H,6H2,1-3H3;2*3-5,7H,6H2,1-2H3;2*5H,4H2,1-3H3;2*1-4H2;12*1-2H3. The second-order valence-electron chi connectivity index (χ2n) is 39.1. The van der Waals surface area contributed by atoms with E-state index in [4.69, 9.17) is 13.6 Å². The van der Waals surface area contributed by atoms with Crippen molar-refractivity contribution in [3.05, 3.63) is 267 Å². The Morgan fingerprint density at radius 2 is 0.775 bits per heavy atom. The van der Waals surface area contributed by atoms with Crippen LogP contribution in [0.15, 0.2) is 221 Å². The van der Waals surface area contributed by atoms with E-state index in [1.54, 1.807) is 23.9 Å². The number of hydrogen-bond acceptors (Lipinski definition) is 9. The molecule has 2 aliphatic heterocycles. The van der Waals surface area contributed by atoms with E-state index in [2.05, 4.69) is 352 Å². The summed E-state index contributed by atoms with van der Waals surface area (Å²) in [6.07, 6.45) is 40.0. The van der Waals surface area contributed by atoms with Crippen LogP contribution in [-0.4, -0.2) is 49.6 Å². The molecule has 0 aliphatic carbocycles. The van der Waals surface area contributed by atoms with Crippen LogP contribution in [-0.2, 0) is 68.9 Å². The fraction of sp³-hybridized carbons (Fsp3) is 0.656. The van der Waals surface area contributed by atoms with Gasteiger partial charge in [0, 0.05) is 85.5 Å². The first-order chi connectivity index (χ1) is 67.6. The maximum atomic E-state index is 5.14. The lowest BCUT2D eigenvalue weighted by molar-refractivity contribution is 0.198. The Labute approximate surface area is 904 Å². The fourth-order valence-corrected chi connectivity index (χ4v) is 13.4. The van der Waals surface area contributed by atoms with Gasteiger partial charge >= 0.3 is 0 Å². The SMILES string of the molecule is C1CCOC1.C1CCSC1.CC.CC.CC.CC.CC.CC.CC.CC.CC.CC.CC.CC.CC(C)(C)Cc1cc[nH]c1.CC(C)(C)Cc1ccc[nH]1.CC(C)(C)Cc1ccoc1.CC(C)(C)Cc1ccsc1.CC(C)Cc1ccccc1.CC(C)Cc1ccccn1.CC(C)Cc1cccnc1.CC(C)Cc1ccco1.CC(C)Cc1cccs1.CC(C)Cc1ccncc1.CCC(C)C.CCC(C)C. The van der Waals surface area contributed by atoms with Crippen LogP contribution in [0.1, 0.15) is 468 Å². The molecule has 832 valence electrons. The number of pyridine rings is 3. The molecule has 142 heavy (non-hydrogen) atoms. The molecule has 0 unspecified atom stereocenters. The molecule has 2 aliphatic rings. The summed E-state index contributed by atoms with van der Waals surface area (Å²) in [5, 5.41) is 6.50. The summed E-state index contributed by atoms with van der Waals surface area (Å²) in [4.78, 5) is 20.0. The molecule has 2 saturated heterocycles. The summed E-state index contributed by atoms with van der Waals surface area (Å²) >= 11 is 5.71. The molecule has 12 rings (SSSR count). The van der Waals surface area contributed by atoms with Crippen LogP contribution < -0.4 is 0 Å². The lowest BCUT2D eigenvalue weighted by atomic mass is 9.89. The largest absolute Gasteiger partial charge is 0.472 e. The normalized spacial score (nSPS) is 10.5. The van der Waals surface area contributed by atoms with Crippen LogP contribution in [0.25, 0.3) is 0 Å². The van der Waals surface area contributed by atoms with Gasteiger partial charge in [0.2, 0.25) is 0 Å². The van der Waals surface area contributed by atoms with E-state index >= 15 is 0 Å². The number of furan rings is 2. The molecule has 0 amide bonds. The van der Waals surface area contributed by atoms with Crippen LogP contribution in [0.3, 0.4) is 0 Å². The molecule has 9 aromatic heterocycles. The van der Waals surface area contributed by atoms with E-state index < -0.39 is 0 Å². The topological polar surface area (TPSA) is 106 Å². The number of ether oxygens (including phenoxy) is 1. The highest BCUT2D eigenvalue weighted by molar-refractivity contribution is 7.99. The van der Waals surface area contributed by atoms with Gasteiger partial charge < -0.3 is 23.5 Å². The van der Waals surface area contributed by atoms with Gasteiger partial charge in [-0.3, -0.25) is 15.0 Å². The molecule has 0 bridgehead atoms. The average molecular weight is 2040 g/mol. The number of benzene rings is 1. The van der Waals surface area contributed by atoms with E-state index in [1.807, 2.05) is 270 Å². The van der Waals surface area contributed by atoms with Gasteiger partial charge in [0.1, 0.15) is 5.76 Å². The van der Waals surface area contributed by atoms with Crippen LogP contribution >= 0.6 is 34.4 Å². The Balaban J connectivity index is -0.000000102.